The quantitative estimate of drug-likeness (QED) is 0.356. The summed E-state index contributed by atoms with van der Waals surface area (Å²) in [6.45, 7) is 0. The molecule has 106 valence electrons. The topological polar surface area (TPSA) is 12.9 Å². The standard InChI is InChI=1S/C13H7ClF5N/c14-7(5-6-3-1-2-4-20-6)8-9(15)11(17)13(19)12(18)10(8)16/h1-4,7H,5H2. The molecule has 7 heteroatoms. The lowest BCUT2D eigenvalue weighted by molar-refractivity contribution is 0.369. The predicted molar refractivity (Wildman–Crippen MR) is 62.8 cm³/mol. The number of hydrogen-bond acceptors (Lipinski definition) is 1. The van der Waals surface area contributed by atoms with Crippen molar-refractivity contribution in [2.24, 2.45) is 0 Å². The third-order valence-electron chi connectivity index (χ3n) is 2.67. The van der Waals surface area contributed by atoms with Gasteiger partial charge < -0.3 is 0 Å². The van der Waals surface area contributed by atoms with Crippen LogP contribution in [0.15, 0.2) is 24.4 Å². The molecule has 0 radical (unpaired) electrons. The molecule has 20 heavy (non-hydrogen) atoms. The molecule has 2 rings (SSSR count). The van der Waals surface area contributed by atoms with Crippen LogP contribution in [0.25, 0.3) is 0 Å². The zero-order valence-electron chi connectivity index (χ0n) is 9.81. The van der Waals surface area contributed by atoms with Crippen molar-refractivity contribution in [2.75, 3.05) is 0 Å². The number of benzene rings is 1. The highest BCUT2D eigenvalue weighted by atomic mass is 35.5. The minimum Gasteiger partial charge on any atom is -0.261 e. The molecule has 0 aliphatic heterocycles. The van der Waals surface area contributed by atoms with Crippen LogP contribution in [0.2, 0.25) is 0 Å². The third-order valence-corrected chi connectivity index (χ3v) is 3.04. The van der Waals surface area contributed by atoms with Gasteiger partial charge in [-0.25, -0.2) is 22.0 Å². The number of rotatable bonds is 3. The average Bonchev–Trinajstić information content (AvgIpc) is 2.44. The summed E-state index contributed by atoms with van der Waals surface area (Å²) in [6.07, 6.45) is 1.26. The summed E-state index contributed by atoms with van der Waals surface area (Å²) in [5.41, 5.74) is -0.676. The minimum absolute atomic E-state index is 0.166. The summed E-state index contributed by atoms with van der Waals surface area (Å²) >= 11 is 5.77. The zero-order valence-corrected chi connectivity index (χ0v) is 10.6. The molecular formula is C13H7ClF5N. The molecule has 1 nitrogen and oxygen atoms in total. The van der Waals surface area contributed by atoms with Crippen molar-refractivity contribution in [3.63, 3.8) is 0 Å². The van der Waals surface area contributed by atoms with Gasteiger partial charge in [0.15, 0.2) is 23.3 Å². The fourth-order valence-corrected chi connectivity index (χ4v) is 2.05. The highest BCUT2D eigenvalue weighted by molar-refractivity contribution is 6.20. The lowest BCUT2D eigenvalue weighted by Crippen LogP contribution is -2.10. The largest absolute Gasteiger partial charge is 0.261 e. The van der Waals surface area contributed by atoms with Gasteiger partial charge in [-0.15, -0.1) is 11.6 Å². The predicted octanol–water partition coefficient (Wildman–Crippen LogP) is 4.30. The van der Waals surface area contributed by atoms with Crippen LogP contribution in [0.4, 0.5) is 22.0 Å². The van der Waals surface area contributed by atoms with Crippen LogP contribution < -0.4 is 0 Å². The second kappa shape index (κ2) is 5.75. The Bertz CT molecular complexity index is 603. The minimum atomic E-state index is -2.20. The van der Waals surface area contributed by atoms with Gasteiger partial charge in [0.25, 0.3) is 0 Å². The summed E-state index contributed by atoms with van der Waals surface area (Å²) in [4.78, 5) is 3.88. The Kier molecular flexibility index (Phi) is 4.23. The summed E-state index contributed by atoms with van der Waals surface area (Å²) in [5, 5.41) is -1.42. The Morgan fingerprint density at radius 2 is 1.45 bits per heavy atom. The summed E-state index contributed by atoms with van der Waals surface area (Å²) in [6, 6.07) is 4.76. The molecule has 0 bridgehead atoms. The normalized spacial score (nSPS) is 12.5. The van der Waals surface area contributed by atoms with Crippen molar-refractivity contribution in [1.82, 2.24) is 4.98 Å². The molecule has 0 amide bonds. The number of alkyl halides is 1. The molecule has 0 saturated carbocycles. The highest BCUT2D eigenvalue weighted by Gasteiger charge is 2.29. The van der Waals surface area contributed by atoms with E-state index in [9.17, 15) is 22.0 Å². The van der Waals surface area contributed by atoms with Gasteiger partial charge >= 0.3 is 0 Å². The number of nitrogens with zero attached hydrogens (tertiary/aromatic N) is 1. The van der Waals surface area contributed by atoms with E-state index in [0.717, 1.165) is 0 Å². The van der Waals surface area contributed by atoms with Crippen molar-refractivity contribution in [1.29, 1.82) is 0 Å². The van der Waals surface area contributed by atoms with Gasteiger partial charge in [0.1, 0.15) is 0 Å². The monoisotopic (exact) mass is 307 g/mol. The molecule has 0 spiro atoms. The van der Waals surface area contributed by atoms with Crippen LogP contribution >= 0.6 is 11.6 Å². The van der Waals surface area contributed by atoms with E-state index in [0.29, 0.717) is 5.69 Å². The van der Waals surface area contributed by atoms with E-state index < -0.39 is 40.0 Å². The van der Waals surface area contributed by atoms with Crippen LogP contribution in [0.3, 0.4) is 0 Å². The molecule has 1 unspecified atom stereocenters. The van der Waals surface area contributed by atoms with E-state index in [1.54, 1.807) is 12.1 Å². The first-order valence-corrected chi connectivity index (χ1v) is 5.92. The van der Waals surface area contributed by atoms with Crippen molar-refractivity contribution in [3.05, 3.63) is 64.7 Å². The van der Waals surface area contributed by atoms with Gasteiger partial charge in [0, 0.05) is 23.9 Å². The Balaban J connectivity index is 2.42. The van der Waals surface area contributed by atoms with Crippen LogP contribution in [0.1, 0.15) is 16.6 Å². The van der Waals surface area contributed by atoms with Crippen molar-refractivity contribution < 1.29 is 22.0 Å². The average molecular weight is 308 g/mol. The fourth-order valence-electron chi connectivity index (χ4n) is 1.70. The summed E-state index contributed by atoms with van der Waals surface area (Å²) in [7, 11) is 0. The van der Waals surface area contributed by atoms with Crippen molar-refractivity contribution in [2.45, 2.75) is 11.8 Å². The lowest BCUT2D eigenvalue weighted by Gasteiger charge is -2.13. The summed E-state index contributed by atoms with van der Waals surface area (Å²) in [5.74, 6) is -10.1. The zero-order chi connectivity index (χ0) is 14.9. The molecule has 1 atom stereocenters. The van der Waals surface area contributed by atoms with Gasteiger partial charge in [-0.3, -0.25) is 4.98 Å². The molecule has 0 N–H and O–H groups in total. The molecular weight excluding hydrogens is 301 g/mol. The van der Waals surface area contributed by atoms with Crippen LogP contribution in [0.5, 0.6) is 0 Å². The van der Waals surface area contributed by atoms with Crippen molar-refractivity contribution in [3.8, 4) is 0 Å². The molecule has 0 aliphatic rings. The first-order valence-electron chi connectivity index (χ1n) is 5.48. The van der Waals surface area contributed by atoms with Gasteiger partial charge in [0.05, 0.1) is 5.38 Å². The van der Waals surface area contributed by atoms with Gasteiger partial charge in [-0.2, -0.15) is 0 Å². The maximum Gasteiger partial charge on any atom is 0.200 e. The molecule has 1 heterocycles. The van der Waals surface area contributed by atoms with Gasteiger partial charge in [-0.1, -0.05) is 6.07 Å². The molecule has 1 aromatic carbocycles. The molecule has 0 aliphatic carbocycles. The van der Waals surface area contributed by atoms with Gasteiger partial charge in [0.2, 0.25) is 5.82 Å². The Morgan fingerprint density at radius 3 is 1.95 bits per heavy atom. The number of aromatic nitrogens is 1. The summed E-state index contributed by atoms with van der Waals surface area (Å²) < 4.78 is 66.1. The maximum absolute atomic E-state index is 13.5. The van der Waals surface area contributed by atoms with Gasteiger partial charge in [-0.05, 0) is 12.1 Å². The SMILES string of the molecule is Fc1c(F)c(F)c(C(Cl)Cc2ccccn2)c(F)c1F. The van der Waals surface area contributed by atoms with E-state index >= 15 is 0 Å². The Labute approximate surface area is 116 Å². The van der Waals surface area contributed by atoms with Crippen LogP contribution in [-0.2, 0) is 6.42 Å². The van der Waals surface area contributed by atoms with E-state index in [1.165, 1.54) is 12.3 Å². The lowest BCUT2D eigenvalue weighted by atomic mass is 10.0. The Hall–Kier alpha value is -1.69. The van der Waals surface area contributed by atoms with E-state index in [-0.39, 0.29) is 6.42 Å². The second-order valence-electron chi connectivity index (χ2n) is 3.98. The van der Waals surface area contributed by atoms with Crippen LogP contribution in [0, 0.1) is 29.1 Å². The molecule has 0 saturated heterocycles. The first kappa shape index (κ1) is 14.7. The molecule has 2 aromatic rings. The van der Waals surface area contributed by atoms with E-state index in [4.69, 9.17) is 11.6 Å². The molecule has 1 aromatic heterocycles. The number of hydrogen-bond donors (Lipinski definition) is 0. The van der Waals surface area contributed by atoms with Crippen LogP contribution in [-0.4, -0.2) is 4.98 Å². The second-order valence-corrected chi connectivity index (χ2v) is 4.50. The fraction of sp³-hybridized carbons (Fsp3) is 0.154. The smallest absolute Gasteiger partial charge is 0.200 e. The maximum atomic E-state index is 13.5. The number of halogens is 6. The Morgan fingerprint density at radius 1 is 0.900 bits per heavy atom. The molecule has 0 fully saturated rings. The van der Waals surface area contributed by atoms with E-state index in [2.05, 4.69) is 4.98 Å². The van der Waals surface area contributed by atoms with E-state index in [1.807, 2.05) is 0 Å². The number of pyridine rings is 1. The highest BCUT2D eigenvalue weighted by Crippen LogP contribution is 2.32. The van der Waals surface area contributed by atoms with Crippen molar-refractivity contribution >= 4 is 11.6 Å². The third kappa shape index (κ3) is 2.60. The first-order chi connectivity index (χ1) is 9.43.